The molecule has 7 nitrogen and oxygen atoms in total. The predicted molar refractivity (Wildman–Crippen MR) is 118 cm³/mol. The second kappa shape index (κ2) is 8.92. The molecule has 8 heteroatoms. The minimum absolute atomic E-state index is 0.0119. The predicted octanol–water partition coefficient (Wildman–Crippen LogP) is 4.05. The third-order valence-electron chi connectivity index (χ3n) is 5.46. The molecule has 0 N–H and O–H groups in total. The summed E-state index contributed by atoms with van der Waals surface area (Å²) in [5.74, 6) is 2.25. The average Bonchev–Trinajstić information content (AvgIpc) is 3.40. The molecule has 0 bridgehead atoms. The number of methoxy groups -OCH3 is 1. The molecule has 31 heavy (non-hydrogen) atoms. The van der Waals surface area contributed by atoms with Crippen LogP contribution < -0.4 is 4.74 Å². The number of aromatic nitrogens is 1. The van der Waals surface area contributed by atoms with Gasteiger partial charge in [-0.05, 0) is 43.7 Å². The van der Waals surface area contributed by atoms with Crippen molar-refractivity contribution in [2.75, 3.05) is 33.3 Å². The Morgan fingerprint density at radius 3 is 2.45 bits per heavy atom. The zero-order chi connectivity index (χ0) is 22.0. The summed E-state index contributed by atoms with van der Waals surface area (Å²) in [7, 11) is 1.62. The summed E-state index contributed by atoms with van der Waals surface area (Å²) in [5, 5.41) is 10.5. The standard InChI is InChI=1S/C23H24N4O3S/c1-15-4-9-20(30-15)22-25-16(2)21(31-22)23(28)27-12-10-26(11-13-27)19(14-24)17-5-7-18(29-3)8-6-17/h4-9,19H,10-13H2,1-3H3. The van der Waals surface area contributed by atoms with Crippen molar-refractivity contribution in [1.82, 2.24) is 14.8 Å². The van der Waals surface area contributed by atoms with E-state index in [0.717, 1.165) is 27.8 Å². The van der Waals surface area contributed by atoms with E-state index in [1.807, 2.05) is 55.1 Å². The zero-order valence-corrected chi connectivity index (χ0v) is 18.6. The van der Waals surface area contributed by atoms with Gasteiger partial charge in [0.2, 0.25) is 0 Å². The first-order valence-electron chi connectivity index (χ1n) is 10.1. The molecule has 2 aromatic heterocycles. The van der Waals surface area contributed by atoms with E-state index >= 15 is 0 Å². The van der Waals surface area contributed by atoms with Crippen molar-refractivity contribution in [3.05, 3.63) is 58.3 Å². The molecular weight excluding hydrogens is 412 g/mol. The maximum absolute atomic E-state index is 13.1. The van der Waals surface area contributed by atoms with Crippen LogP contribution in [-0.4, -0.2) is 54.0 Å². The Labute approximate surface area is 185 Å². The Morgan fingerprint density at radius 1 is 1.16 bits per heavy atom. The van der Waals surface area contributed by atoms with Crippen LogP contribution in [0.4, 0.5) is 0 Å². The Kier molecular flexibility index (Phi) is 6.07. The SMILES string of the molecule is COc1ccc(C(C#N)N2CCN(C(=O)c3sc(-c4ccc(C)o4)nc3C)CC2)cc1. The number of carbonyl (C=O) groups excluding carboxylic acids is 1. The molecule has 1 amide bonds. The minimum Gasteiger partial charge on any atom is -0.497 e. The number of ether oxygens (including phenoxy) is 1. The number of furan rings is 1. The van der Waals surface area contributed by atoms with Gasteiger partial charge in [-0.2, -0.15) is 5.26 Å². The molecule has 4 rings (SSSR count). The molecule has 1 fully saturated rings. The first-order chi connectivity index (χ1) is 15.0. The van der Waals surface area contributed by atoms with Gasteiger partial charge in [0.1, 0.15) is 22.4 Å². The van der Waals surface area contributed by atoms with E-state index < -0.39 is 0 Å². The number of benzene rings is 1. The van der Waals surface area contributed by atoms with Crippen LogP contribution >= 0.6 is 11.3 Å². The molecule has 160 valence electrons. The maximum Gasteiger partial charge on any atom is 0.265 e. The van der Waals surface area contributed by atoms with Gasteiger partial charge in [0, 0.05) is 26.2 Å². The fourth-order valence-corrected chi connectivity index (χ4v) is 4.73. The quantitative estimate of drug-likeness (QED) is 0.600. The van der Waals surface area contributed by atoms with Gasteiger partial charge in [0.25, 0.3) is 5.91 Å². The molecule has 0 saturated carbocycles. The molecular formula is C23H24N4O3S. The van der Waals surface area contributed by atoms with Crippen LogP contribution in [0, 0.1) is 25.2 Å². The third-order valence-corrected chi connectivity index (χ3v) is 6.62. The molecule has 1 aliphatic rings. The number of amides is 1. The number of aryl methyl sites for hydroxylation is 2. The molecule has 0 aliphatic carbocycles. The second-order valence-electron chi connectivity index (χ2n) is 7.48. The highest BCUT2D eigenvalue weighted by atomic mass is 32.1. The van der Waals surface area contributed by atoms with E-state index in [9.17, 15) is 10.1 Å². The van der Waals surface area contributed by atoms with Crippen molar-refractivity contribution in [3.8, 4) is 22.6 Å². The van der Waals surface area contributed by atoms with Crippen LogP contribution in [-0.2, 0) is 0 Å². The molecule has 1 unspecified atom stereocenters. The van der Waals surface area contributed by atoms with Gasteiger partial charge in [-0.25, -0.2) is 4.98 Å². The van der Waals surface area contributed by atoms with Crippen molar-refractivity contribution in [2.24, 2.45) is 0 Å². The summed E-state index contributed by atoms with van der Waals surface area (Å²) < 4.78 is 10.9. The lowest BCUT2D eigenvalue weighted by atomic mass is 10.1. The van der Waals surface area contributed by atoms with Crippen LogP contribution in [0.25, 0.3) is 10.8 Å². The number of nitriles is 1. The van der Waals surface area contributed by atoms with Gasteiger partial charge in [-0.1, -0.05) is 12.1 Å². The molecule has 1 saturated heterocycles. The smallest absolute Gasteiger partial charge is 0.265 e. The van der Waals surface area contributed by atoms with Crippen LogP contribution in [0.5, 0.6) is 5.75 Å². The second-order valence-corrected chi connectivity index (χ2v) is 8.48. The van der Waals surface area contributed by atoms with Crippen molar-refractivity contribution < 1.29 is 13.9 Å². The van der Waals surface area contributed by atoms with Crippen molar-refractivity contribution >= 4 is 17.2 Å². The lowest BCUT2D eigenvalue weighted by Gasteiger charge is -2.36. The van der Waals surface area contributed by atoms with Gasteiger partial charge in [0.15, 0.2) is 10.8 Å². The molecule has 0 spiro atoms. The van der Waals surface area contributed by atoms with Crippen LogP contribution in [0.1, 0.15) is 32.7 Å². The summed E-state index contributed by atoms with van der Waals surface area (Å²) in [4.78, 5) is 22.3. The van der Waals surface area contributed by atoms with Crippen molar-refractivity contribution in [2.45, 2.75) is 19.9 Å². The van der Waals surface area contributed by atoms with E-state index in [-0.39, 0.29) is 11.9 Å². The fourth-order valence-electron chi connectivity index (χ4n) is 3.73. The summed E-state index contributed by atoms with van der Waals surface area (Å²) in [6, 6.07) is 13.4. The van der Waals surface area contributed by atoms with Crippen LogP contribution in [0.3, 0.4) is 0 Å². The number of rotatable bonds is 5. The van der Waals surface area contributed by atoms with Gasteiger partial charge in [-0.3, -0.25) is 9.69 Å². The molecule has 1 aromatic carbocycles. The first kappa shape index (κ1) is 21.1. The normalized spacial score (nSPS) is 15.5. The summed E-state index contributed by atoms with van der Waals surface area (Å²) in [5.41, 5.74) is 1.65. The number of hydrogen-bond acceptors (Lipinski definition) is 7. The lowest BCUT2D eigenvalue weighted by molar-refractivity contribution is 0.0610. The largest absolute Gasteiger partial charge is 0.497 e. The summed E-state index contributed by atoms with van der Waals surface area (Å²) >= 11 is 1.37. The topological polar surface area (TPSA) is 82.6 Å². The highest BCUT2D eigenvalue weighted by molar-refractivity contribution is 7.17. The van der Waals surface area contributed by atoms with Crippen LogP contribution in [0.2, 0.25) is 0 Å². The number of nitrogens with zero attached hydrogens (tertiary/aromatic N) is 4. The Hall–Kier alpha value is -3.15. The number of hydrogen-bond donors (Lipinski definition) is 0. The van der Waals surface area contributed by atoms with E-state index in [4.69, 9.17) is 9.15 Å². The first-order valence-corrected chi connectivity index (χ1v) is 10.9. The van der Waals surface area contributed by atoms with Gasteiger partial charge >= 0.3 is 0 Å². The molecule has 1 atom stereocenters. The highest BCUT2D eigenvalue weighted by Crippen LogP contribution is 2.31. The van der Waals surface area contributed by atoms with E-state index in [1.54, 1.807) is 7.11 Å². The van der Waals surface area contributed by atoms with E-state index in [0.29, 0.717) is 36.8 Å². The Balaban J connectivity index is 1.43. The lowest BCUT2D eigenvalue weighted by Crippen LogP contribution is -2.49. The third kappa shape index (κ3) is 4.33. The minimum atomic E-state index is -0.345. The van der Waals surface area contributed by atoms with Gasteiger partial charge in [-0.15, -0.1) is 11.3 Å². The number of thiazole rings is 1. The molecule has 0 radical (unpaired) electrons. The number of carbonyl (C=O) groups is 1. The van der Waals surface area contributed by atoms with E-state index in [1.165, 1.54) is 11.3 Å². The van der Waals surface area contributed by atoms with Gasteiger partial charge < -0.3 is 14.1 Å². The fraction of sp³-hybridized carbons (Fsp3) is 0.348. The molecule has 3 aromatic rings. The van der Waals surface area contributed by atoms with Crippen LogP contribution in [0.15, 0.2) is 40.8 Å². The van der Waals surface area contributed by atoms with Crippen molar-refractivity contribution in [1.29, 1.82) is 5.26 Å². The number of piperazine rings is 1. The van der Waals surface area contributed by atoms with E-state index in [2.05, 4.69) is 16.0 Å². The Morgan fingerprint density at radius 2 is 1.87 bits per heavy atom. The summed E-state index contributed by atoms with van der Waals surface area (Å²) in [6.07, 6.45) is 0. The molecule has 3 heterocycles. The molecule has 1 aliphatic heterocycles. The highest BCUT2D eigenvalue weighted by Gasteiger charge is 2.29. The van der Waals surface area contributed by atoms with Crippen molar-refractivity contribution in [3.63, 3.8) is 0 Å². The maximum atomic E-state index is 13.1. The zero-order valence-electron chi connectivity index (χ0n) is 17.8. The Bertz CT molecular complexity index is 1100. The summed E-state index contributed by atoms with van der Waals surface area (Å²) in [6.45, 7) is 6.15. The monoisotopic (exact) mass is 436 g/mol. The van der Waals surface area contributed by atoms with Gasteiger partial charge in [0.05, 0.1) is 18.9 Å². The average molecular weight is 437 g/mol.